The SMILES string of the molecule is CC1Cc2ccccc2N(c2ncc(Br)cc2CCl)C1. The van der Waals surface area contributed by atoms with E-state index in [1.54, 1.807) is 0 Å². The van der Waals surface area contributed by atoms with Gasteiger partial charge in [0.25, 0.3) is 0 Å². The lowest BCUT2D eigenvalue weighted by molar-refractivity contribution is 0.559. The highest BCUT2D eigenvalue weighted by molar-refractivity contribution is 9.10. The van der Waals surface area contributed by atoms with E-state index in [-0.39, 0.29) is 0 Å². The minimum absolute atomic E-state index is 0.467. The summed E-state index contributed by atoms with van der Waals surface area (Å²) in [5.74, 6) is 2.05. The van der Waals surface area contributed by atoms with Crippen LogP contribution in [0.4, 0.5) is 11.5 Å². The monoisotopic (exact) mass is 350 g/mol. The summed E-state index contributed by atoms with van der Waals surface area (Å²) in [6, 6.07) is 10.6. The summed E-state index contributed by atoms with van der Waals surface area (Å²) in [6.07, 6.45) is 2.96. The van der Waals surface area contributed by atoms with Crippen LogP contribution in [0.15, 0.2) is 41.0 Å². The molecule has 4 heteroatoms. The van der Waals surface area contributed by atoms with Crippen LogP contribution in [-0.2, 0) is 12.3 Å². The summed E-state index contributed by atoms with van der Waals surface area (Å²) in [7, 11) is 0. The van der Waals surface area contributed by atoms with E-state index in [0.717, 1.165) is 28.8 Å². The van der Waals surface area contributed by atoms with Crippen LogP contribution in [0.5, 0.6) is 0 Å². The van der Waals surface area contributed by atoms with Crippen molar-refractivity contribution in [2.75, 3.05) is 11.4 Å². The maximum Gasteiger partial charge on any atom is 0.137 e. The molecule has 0 fully saturated rings. The van der Waals surface area contributed by atoms with Gasteiger partial charge < -0.3 is 4.90 Å². The van der Waals surface area contributed by atoms with Crippen LogP contribution in [0.1, 0.15) is 18.1 Å². The van der Waals surface area contributed by atoms with E-state index in [1.165, 1.54) is 11.3 Å². The number of anilines is 2. The molecule has 1 aliphatic rings. The summed E-state index contributed by atoms with van der Waals surface area (Å²) >= 11 is 9.56. The quantitative estimate of drug-likeness (QED) is 0.714. The Morgan fingerprint density at radius 3 is 3.00 bits per heavy atom. The highest BCUT2D eigenvalue weighted by Crippen LogP contribution is 2.36. The van der Waals surface area contributed by atoms with Crippen LogP contribution in [0.25, 0.3) is 0 Å². The molecule has 0 aliphatic carbocycles. The zero-order valence-electron chi connectivity index (χ0n) is 11.3. The number of aromatic nitrogens is 1. The zero-order valence-corrected chi connectivity index (χ0v) is 13.7. The Bertz CT molecular complexity index is 630. The number of hydrogen-bond donors (Lipinski definition) is 0. The van der Waals surface area contributed by atoms with Gasteiger partial charge in [0.15, 0.2) is 0 Å². The van der Waals surface area contributed by atoms with Crippen molar-refractivity contribution in [3.63, 3.8) is 0 Å². The van der Waals surface area contributed by atoms with Gasteiger partial charge in [-0.1, -0.05) is 25.1 Å². The van der Waals surface area contributed by atoms with E-state index < -0.39 is 0 Å². The van der Waals surface area contributed by atoms with E-state index in [2.05, 4.69) is 63.1 Å². The summed E-state index contributed by atoms with van der Waals surface area (Å²) in [4.78, 5) is 6.90. The number of nitrogens with zero attached hydrogens (tertiary/aromatic N) is 2. The number of benzene rings is 1. The van der Waals surface area contributed by atoms with Gasteiger partial charge in [0, 0.05) is 28.5 Å². The maximum atomic E-state index is 6.10. The van der Waals surface area contributed by atoms with E-state index in [0.29, 0.717) is 11.8 Å². The van der Waals surface area contributed by atoms with E-state index >= 15 is 0 Å². The van der Waals surface area contributed by atoms with Crippen LogP contribution >= 0.6 is 27.5 Å². The number of para-hydroxylation sites is 1. The first kappa shape index (κ1) is 13.9. The molecule has 1 aromatic heterocycles. The number of rotatable bonds is 2. The fourth-order valence-electron chi connectivity index (χ4n) is 2.81. The van der Waals surface area contributed by atoms with Crippen molar-refractivity contribution in [3.05, 3.63) is 52.1 Å². The Hall–Kier alpha value is -1.06. The van der Waals surface area contributed by atoms with Crippen LogP contribution in [0, 0.1) is 5.92 Å². The minimum atomic E-state index is 0.467. The Kier molecular flexibility index (Phi) is 3.99. The molecule has 0 saturated heterocycles. The number of hydrogen-bond acceptors (Lipinski definition) is 2. The van der Waals surface area contributed by atoms with Crippen LogP contribution in [-0.4, -0.2) is 11.5 Å². The van der Waals surface area contributed by atoms with Crippen molar-refractivity contribution in [2.45, 2.75) is 19.2 Å². The van der Waals surface area contributed by atoms with Crippen LogP contribution in [0.3, 0.4) is 0 Å². The number of fused-ring (bicyclic) bond motifs is 1. The first-order chi connectivity index (χ1) is 9.69. The van der Waals surface area contributed by atoms with Crippen molar-refractivity contribution in [1.29, 1.82) is 0 Å². The first-order valence-corrected chi connectivity index (χ1v) is 8.07. The molecule has 3 rings (SSSR count). The molecule has 1 atom stereocenters. The van der Waals surface area contributed by atoms with Gasteiger partial charge in [-0.25, -0.2) is 4.98 Å². The molecule has 1 aromatic carbocycles. The van der Waals surface area contributed by atoms with Gasteiger partial charge in [0.1, 0.15) is 5.82 Å². The third-order valence-corrected chi connectivity index (χ3v) is 4.38. The van der Waals surface area contributed by atoms with Crippen molar-refractivity contribution >= 4 is 39.0 Å². The molecule has 2 aromatic rings. The number of alkyl halides is 1. The van der Waals surface area contributed by atoms with Crippen LogP contribution in [0.2, 0.25) is 0 Å². The van der Waals surface area contributed by atoms with Gasteiger partial charge in [0.2, 0.25) is 0 Å². The van der Waals surface area contributed by atoms with Crippen molar-refractivity contribution in [2.24, 2.45) is 5.92 Å². The highest BCUT2D eigenvalue weighted by Gasteiger charge is 2.24. The molecule has 20 heavy (non-hydrogen) atoms. The topological polar surface area (TPSA) is 16.1 Å². The van der Waals surface area contributed by atoms with Crippen molar-refractivity contribution < 1.29 is 0 Å². The minimum Gasteiger partial charge on any atom is -0.326 e. The second-order valence-corrected chi connectivity index (χ2v) is 6.50. The Labute approximate surface area is 132 Å². The summed E-state index contributed by atoms with van der Waals surface area (Å²) in [5.41, 5.74) is 3.70. The second-order valence-electron chi connectivity index (χ2n) is 5.32. The highest BCUT2D eigenvalue weighted by atomic mass is 79.9. The number of halogens is 2. The predicted octanol–water partition coefficient (Wildman–Crippen LogP) is 4.91. The molecule has 0 bridgehead atoms. The predicted molar refractivity (Wildman–Crippen MR) is 87.8 cm³/mol. The molecular formula is C16H16BrClN2. The Morgan fingerprint density at radius 1 is 1.40 bits per heavy atom. The molecule has 2 heterocycles. The van der Waals surface area contributed by atoms with Crippen molar-refractivity contribution in [1.82, 2.24) is 4.98 Å². The molecule has 0 radical (unpaired) electrons. The summed E-state index contributed by atoms with van der Waals surface area (Å²) in [6.45, 7) is 3.26. The van der Waals surface area contributed by atoms with Gasteiger partial charge >= 0.3 is 0 Å². The molecule has 0 amide bonds. The lowest BCUT2D eigenvalue weighted by Gasteiger charge is -2.35. The molecular weight excluding hydrogens is 336 g/mol. The maximum absolute atomic E-state index is 6.10. The molecule has 0 N–H and O–H groups in total. The van der Waals surface area contributed by atoms with E-state index in [9.17, 15) is 0 Å². The molecule has 104 valence electrons. The Balaban J connectivity index is 2.10. The molecule has 1 unspecified atom stereocenters. The molecule has 0 spiro atoms. The normalized spacial score (nSPS) is 17.9. The van der Waals surface area contributed by atoms with Crippen molar-refractivity contribution in [3.8, 4) is 0 Å². The van der Waals surface area contributed by atoms with Gasteiger partial charge in [-0.2, -0.15) is 0 Å². The largest absolute Gasteiger partial charge is 0.326 e. The van der Waals surface area contributed by atoms with E-state index in [4.69, 9.17) is 11.6 Å². The number of pyridine rings is 1. The average Bonchev–Trinajstić information content (AvgIpc) is 2.46. The fourth-order valence-corrected chi connectivity index (χ4v) is 3.39. The molecule has 0 saturated carbocycles. The average molecular weight is 352 g/mol. The molecule has 2 nitrogen and oxygen atoms in total. The van der Waals surface area contributed by atoms with Gasteiger partial charge in [-0.15, -0.1) is 11.6 Å². The fraction of sp³-hybridized carbons (Fsp3) is 0.312. The molecule has 1 aliphatic heterocycles. The third-order valence-electron chi connectivity index (χ3n) is 3.65. The smallest absolute Gasteiger partial charge is 0.137 e. The van der Waals surface area contributed by atoms with Gasteiger partial charge in [-0.05, 0) is 46.0 Å². The second kappa shape index (κ2) is 5.74. The summed E-state index contributed by atoms with van der Waals surface area (Å²) in [5, 5.41) is 0. The first-order valence-electron chi connectivity index (χ1n) is 6.75. The Morgan fingerprint density at radius 2 is 2.20 bits per heavy atom. The van der Waals surface area contributed by atoms with E-state index in [1.807, 2.05) is 6.20 Å². The van der Waals surface area contributed by atoms with Crippen LogP contribution < -0.4 is 4.90 Å². The lowest BCUT2D eigenvalue weighted by Crippen LogP contribution is -2.31. The summed E-state index contributed by atoms with van der Waals surface area (Å²) < 4.78 is 0.968. The lowest BCUT2D eigenvalue weighted by atomic mass is 9.93. The zero-order chi connectivity index (χ0) is 14.1. The van der Waals surface area contributed by atoms with Gasteiger partial charge in [0.05, 0.1) is 5.88 Å². The standard InChI is InChI=1S/C16H16BrClN2/c1-11-6-12-4-2-3-5-15(12)20(10-11)16-13(8-18)7-14(17)9-19-16/h2-5,7,9,11H,6,8,10H2,1H3. The van der Waals surface area contributed by atoms with Gasteiger partial charge in [-0.3, -0.25) is 0 Å². The third kappa shape index (κ3) is 2.57.